The Labute approximate surface area is 139 Å². The van der Waals surface area contributed by atoms with Crippen LogP contribution < -0.4 is 0 Å². The molecule has 2 aromatic rings. The van der Waals surface area contributed by atoms with Gasteiger partial charge in [-0.25, -0.2) is 0 Å². The van der Waals surface area contributed by atoms with E-state index in [4.69, 9.17) is 0 Å². The van der Waals surface area contributed by atoms with Crippen LogP contribution in [0.5, 0.6) is 0 Å². The molecule has 2 N–H and O–H groups in total. The van der Waals surface area contributed by atoms with Crippen molar-refractivity contribution in [3.8, 4) is 0 Å². The molecule has 23 heavy (non-hydrogen) atoms. The molecule has 0 aliphatic rings. The fourth-order valence-electron chi connectivity index (χ4n) is 3.14. The Bertz CT molecular complexity index is 606. The predicted octanol–water partition coefficient (Wildman–Crippen LogP) is 4.25. The highest BCUT2D eigenvalue weighted by Gasteiger charge is 2.44. The first-order valence-electron chi connectivity index (χ1n) is 8.13. The van der Waals surface area contributed by atoms with Gasteiger partial charge in [-0.3, -0.25) is 0 Å². The molecule has 2 nitrogen and oxygen atoms in total. The second-order valence-corrected chi connectivity index (χ2v) is 6.46. The Morgan fingerprint density at radius 2 is 1.52 bits per heavy atom. The van der Waals surface area contributed by atoms with Crippen LogP contribution >= 0.6 is 0 Å². The Morgan fingerprint density at radius 1 is 1.00 bits per heavy atom. The molecule has 0 aliphatic carbocycles. The van der Waals surface area contributed by atoms with Crippen molar-refractivity contribution >= 4 is 0 Å². The van der Waals surface area contributed by atoms with Crippen LogP contribution in [0.1, 0.15) is 37.3 Å². The summed E-state index contributed by atoms with van der Waals surface area (Å²) in [5, 5.41) is 22.4. The average Bonchev–Trinajstić information content (AvgIpc) is 2.56. The summed E-state index contributed by atoms with van der Waals surface area (Å²) in [6.07, 6.45) is 1.36. The molecule has 0 fully saturated rings. The van der Waals surface area contributed by atoms with Crippen molar-refractivity contribution in [2.45, 2.75) is 37.9 Å². The summed E-state index contributed by atoms with van der Waals surface area (Å²) >= 11 is 0. The minimum absolute atomic E-state index is 0.279. The summed E-state index contributed by atoms with van der Waals surface area (Å²) in [4.78, 5) is 0. The van der Waals surface area contributed by atoms with Crippen molar-refractivity contribution < 1.29 is 10.2 Å². The highest BCUT2D eigenvalue weighted by Crippen LogP contribution is 2.42. The van der Waals surface area contributed by atoms with Crippen LogP contribution in [0.3, 0.4) is 0 Å². The van der Waals surface area contributed by atoms with Crippen LogP contribution in [0.25, 0.3) is 0 Å². The van der Waals surface area contributed by atoms with E-state index >= 15 is 0 Å². The Morgan fingerprint density at radius 3 is 2.00 bits per heavy atom. The van der Waals surface area contributed by atoms with E-state index in [1.54, 1.807) is 6.08 Å². The molecule has 2 aromatic carbocycles. The minimum atomic E-state index is -1.41. The number of rotatable bonds is 7. The zero-order chi connectivity index (χ0) is 16.9. The van der Waals surface area contributed by atoms with Crippen molar-refractivity contribution in [1.29, 1.82) is 0 Å². The van der Waals surface area contributed by atoms with Gasteiger partial charge >= 0.3 is 0 Å². The Hall–Kier alpha value is -1.90. The molecule has 3 unspecified atom stereocenters. The normalized spacial score (nSPS) is 16.6. The van der Waals surface area contributed by atoms with E-state index in [-0.39, 0.29) is 11.8 Å². The van der Waals surface area contributed by atoms with Crippen LogP contribution in [0.15, 0.2) is 73.3 Å². The standard InChI is InChI=1S/C21H26O2/c1-4-19(17-11-7-5-8-12-17)21(23,20(22)15-16(2)3)18-13-9-6-10-14-18/h4-14,16,19-20,22-23H,1,15H2,2-3H3. The van der Waals surface area contributed by atoms with E-state index in [0.717, 1.165) is 5.56 Å². The fraction of sp³-hybridized carbons (Fsp3) is 0.333. The third-order valence-electron chi connectivity index (χ3n) is 4.31. The topological polar surface area (TPSA) is 40.5 Å². The quantitative estimate of drug-likeness (QED) is 0.751. The molecule has 0 bridgehead atoms. The molecule has 122 valence electrons. The Balaban J connectivity index is 2.54. The molecule has 3 atom stereocenters. The highest BCUT2D eigenvalue weighted by atomic mass is 16.3. The average molecular weight is 310 g/mol. The van der Waals surface area contributed by atoms with E-state index in [1.807, 2.05) is 74.5 Å². The maximum Gasteiger partial charge on any atom is 0.126 e. The number of hydrogen-bond acceptors (Lipinski definition) is 2. The van der Waals surface area contributed by atoms with E-state index in [1.165, 1.54) is 0 Å². The third-order valence-corrected chi connectivity index (χ3v) is 4.31. The van der Waals surface area contributed by atoms with Crippen LogP contribution in [-0.2, 0) is 5.60 Å². The van der Waals surface area contributed by atoms with Gasteiger partial charge in [-0.05, 0) is 23.5 Å². The van der Waals surface area contributed by atoms with Gasteiger partial charge in [-0.15, -0.1) is 6.58 Å². The van der Waals surface area contributed by atoms with Crippen molar-refractivity contribution in [3.05, 3.63) is 84.4 Å². The van der Waals surface area contributed by atoms with Gasteiger partial charge in [-0.2, -0.15) is 0 Å². The monoisotopic (exact) mass is 310 g/mol. The summed E-state index contributed by atoms with van der Waals surface area (Å²) in [5.41, 5.74) is 0.243. The first-order valence-corrected chi connectivity index (χ1v) is 8.13. The molecule has 2 heteroatoms. The van der Waals surface area contributed by atoms with Gasteiger partial charge in [0.1, 0.15) is 5.60 Å². The van der Waals surface area contributed by atoms with Gasteiger partial charge in [0.25, 0.3) is 0 Å². The summed E-state index contributed by atoms with van der Waals surface area (Å²) < 4.78 is 0. The summed E-state index contributed by atoms with van der Waals surface area (Å²) in [6, 6.07) is 19.1. The van der Waals surface area contributed by atoms with Crippen LogP contribution in [0.2, 0.25) is 0 Å². The molecular weight excluding hydrogens is 284 g/mol. The second-order valence-electron chi connectivity index (χ2n) is 6.46. The van der Waals surface area contributed by atoms with Gasteiger partial charge in [0, 0.05) is 5.92 Å². The largest absolute Gasteiger partial charge is 0.390 e. The number of aliphatic hydroxyl groups excluding tert-OH is 1. The lowest BCUT2D eigenvalue weighted by Gasteiger charge is -2.40. The molecule has 0 saturated carbocycles. The minimum Gasteiger partial charge on any atom is -0.390 e. The van der Waals surface area contributed by atoms with Crippen LogP contribution in [0, 0.1) is 5.92 Å². The van der Waals surface area contributed by atoms with Crippen molar-refractivity contribution in [1.82, 2.24) is 0 Å². The zero-order valence-electron chi connectivity index (χ0n) is 13.9. The molecule has 0 aromatic heterocycles. The SMILES string of the molecule is C=CC(c1ccccc1)C(O)(c1ccccc1)C(O)CC(C)C. The summed E-state index contributed by atoms with van der Waals surface area (Å²) in [6.45, 7) is 8.00. The van der Waals surface area contributed by atoms with E-state index in [2.05, 4.69) is 6.58 Å². The fourth-order valence-corrected chi connectivity index (χ4v) is 3.14. The van der Waals surface area contributed by atoms with Gasteiger partial charge in [0.2, 0.25) is 0 Å². The molecule has 0 spiro atoms. The predicted molar refractivity (Wildman–Crippen MR) is 95.2 cm³/mol. The Kier molecular flexibility index (Phi) is 5.75. The molecule has 0 radical (unpaired) electrons. The number of benzene rings is 2. The van der Waals surface area contributed by atoms with Crippen molar-refractivity contribution in [3.63, 3.8) is 0 Å². The van der Waals surface area contributed by atoms with Gasteiger partial charge < -0.3 is 10.2 Å². The molecule has 0 saturated heterocycles. The molecule has 0 heterocycles. The van der Waals surface area contributed by atoms with Crippen LogP contribution in [-0.4, -0.2) is 16.3 Å². The van der Waals surface area contributed by atoms with E-state index in [9.17, 15) is 10.2 Å². The lowest BCUT2D eigenvalue weighted by Crippen LogP contribution is -2.45. The summed E-state index contributed by atoms with van der Waals surface area (Å²) in [7, 11) is 0. The van der Waals surface area contributed by atoms with Crippen molar-refractivity contribution in [2.24, 2.45) is 5.92 Å². The maximum absolute atomic E-state index is 11.6. The zero-order valence-corrected chi connectivity index (χ0v) is 13.9. The van der Waals surface area contributed by atoms with E-state index < -0.39 is 11.7 Å². The van der Waals surface area contributed by atoms with Gasteiger partial charge in [0.05, 0.1) is 6.10 Å². The number of hydrogen-bond donors (Lipinski definition) is 2. The first-order chi connectivity index (χ1) is 11.0. The van der Waals surface area contributed by atoms with Crippen molar-refractivity contribution in [2.75, 3.05) is 0 Å². The first kappa shape index (κ1) is 17.5. The molecule has 2 rings (SSSR count). The molecule has 0 aliphatic heterocycles. The maximum atomic E-state index is 11.6. The number of aliphatic hydroxyl groups is 2. The smallest absolute Gasteiger partial charge is 0.126 e. The molecule has 0 amide bonds. The highest BCUT2D eigenvalue weighted by molar-refractivity contribution is 5.35. The van der Waals surface area contributed by atoms with Gasteiger partial charge in [0.15, 0.2) is 0 Å². The lowest BCUT2D eigenvalue weighted by molar-refractivity contribution is -0.0979. The van der Waals surface area contributed by atoms with Gasteiger partial charge in [-0.1, -0.05) is 80.6 Å². The third kappa shape index (κ3) is 3.72. The lowest BCUT2D eigenvalue weighted by atomic mass is 9.72. The van der Waals surface area contributed by atoms with Crippen LogP contribution in [0.4, 0.5) is 0 Å². The van der Waals surface area contributed by atoms with E-state index in [0.29, 0.717) is 12.0 Å². The summed E-state index contributed by atoms with van der Waals surface area (Å²) in [5.74, 6) is -0.110. The second kappa shape index (κ2) is 7.58. The molecular formula is C21H26O2.